The number of methoxy groups -OCH3 is 1. The van der Waals surface area contributed by atoms with Gasteiger partial charge in [-0.15, -0.1) is 11.3 Å². The second kappa shape index (κ2) is 7.15. The zero-order chi connectivity index (χ0) is 19.7. The van der Waals surface area contributed by atoms with Crippen molar-refractivity contribution in [2.45, 2.75) is 44.9 Å². The van der Waals surface area contributed by atoms with Gasteiger partial charge in [0.25, 0.3) is 0 Å². The Balaban J connectivity index is 2.58. The zero-order valence-corrected chi connectivity index (χ0v) is 15.2. The number of rotatable bonds is 4. The number of carbonyl (C=O) groups excluding carboxylic acids is 2. The van der Waals surface area contributed by atoms with Crippen molar-refractivity contribution >= 4 is 28.2 Å². The largest absolute Gasteiger partial charge is 0.466 e. The van der Waals surface area contributed by atoms with Crippen molar-refractivity contribution < 1.29 is 27.5 Å². The molecule has 1 aliphatic carbocycles. The minimum absolute atomic E-state index is 0.0692. The molecule has 0 saturated heterocycles. The summed E-state index contributed by atoms with van der Waals surface area (Å²) in [6.07, 6.45) is -3.15. The third kappa shape index (κ3) is 3.49. The molecule has 1 aliphatic rings. The lowest BCUT2D eigenvalue weighted by Crippen LogP contribution is -2.69. The van der Waals surface area contributed by atoms with Crippen molar-refractivity contribution in [1.82, 2.24) is 5.32 Å². The van der Waals surface area contributed by atoms with E-state index in [1.54, 1.807) is 5.32 Å². The van der Waals surface area contributed by atoms with E-state index in [2.05, 4.69) is 10.1 Å². The number of halogens is 3. The summed E-state index contributed by atoms with van der Waals surface area (Å²) in [7, 11) is 0.790. The number of thiophene rings is 1. The van der Waals surface area contributed by atoms with Crippen LogP contribution in [0.4, 0.5) is 18.2 Å². The predicted octanol–water partition coefficient (Wildman–Crippen LogP) is 2.72. The molecule has 1 amide bonds. The summed E-state index contributed by atoms with van der Waals surface area (Å²) in [5.41, 5.74) is -2.71. The molecule has 1 aromatic heterocycles. The number of anilines is 1. The number of carbonyl (C=O) groups is 2. The SMILES string of the molecule is COC(=O)[C@](NC(C)=O)(Nc1sc2c(c1C#N)CC[C@@H](C)C2)C(F)(F)F. The van der Waals surface area contributed by atoms with Gasteiger partial charge in [0.05, 0.1) is 12.7 Å². The quantitative estimate of drug-likeness (QED) is 0.610. The van der Waals surface area contributed by atoms with Crippen molar-refractivity contribution in [1.29, 1.82) is 5.26 Å². The molecule has 1 aromatic rings. The van der Waals surface area contributed by atoms with Crippen LogP contribution in [0, 0.1) is 17.2 Å². The van der Waals surface area contributed by atoms with E-state index in [1.807, 2.05) is 13.0 Å². The molecule has 6 nitrogen and oxygen atoms in total. The maximum atomic E-state index is 13.8. The average Bonchev–Trinajstić information content (AvgIpc) is 2.87. The molecular formula is C16H18F3N3O3S. The maximum Gasteiger partial charge on any atom is 0.441 e. The minimum atomic E-state index is -5.20. The van der Waals surface area contributed by atoms with Crippen LogP contribution in [0.15, 0.2) is 0 Å². The Hall–Kier alpha value is -2.28. The molecule has 0 saturated carbocycles. The summed E-state index contributed by atoms with van der Waals surface area (Å²) in [4.78, 5) is 24.2. The number of hydrogen-bond acceptors (Lipinski definition) is 6. The predicted molar refractivity (Wildman–Crippen MR) is 88.5 cm³/mol. The Labute approximate surface area is 152 Å². The van der Waals surface area contributed by atoms with Crippen LogP contribution in [-0.4, -0.2) is 30.8 Å². The van der Waals surface area contributed by atoms with Crippen molar-refractivity contribution in [3.8, 4) is 6.07 Å². The second-order valence-corrected chi connectivity index (χ2v) is 7.32. The van der Waals surface area contributed by atoms with Gasteiger partial charge in [-0.25, -0.2) is 4.79 Å². The fourth-order valence-electron chi connectivity index (χ4n) is 2.94. The fraction of sp³-hybridized carbons (Fsp3) is 0.562. The molecule has 0 aromatic carbocycles. The van der Waals surface area contributed by atoms with Gasteiger partial charge in [0.2, 0.25) is 5.91 Å². The van der Waals surface area contributed by atoms with Crippen molar-refractivity contribution in [2.24, 2.45) is 5.92 Å². The zero-order valence-electron chi connectivity index (χ0n) is 14.4. The molecule has 1 heterocycles. The van der Waals surface area contributed by atoms with E-state index in [1.165, 1.54) is 0 Å². The Morgan fingerprint density at radius 3 is 2.54 bits per heavy atom. The Morgan fingerprint density at radius 2 is 2.04 bits per heavy atom. The van der Waals surface area contributed by atoms with Gasteiger partial charge in [-0.1, -0.05) is 6.92 Å². The monoisotopic (exact) mass is 389 g/mol. The van der Waals surface area contributed by atoms with E-state index in [9.17, 15) is 28.0 Å². The van der Waals surface area contributed by atoms with Gasteiger partial charge in [-0.2, -0.15) is 18.4 Å². The van der Waals surface area contributed by atoms with Crippen LogP contribution in [0.25, 0.3) is 0 Å². The standard InChI is InChI=1S/C16H18F3N3O3S/c1-8-4-5-10-11(7-20)13(26-12(10)6-8)22-15(14(24)25-3,16(17,18)19)21-9(2)23/h8,22H,4-6H2,1-3H3,(H,21,23)/t8-,15+/m1/s1. The first-order valence-corrected chi connectivity index (χ1v) is 8.64. The highest BCUT2D eigenvalue weighted by molar-refractivity contribution is 7.16. The summed E-state index contributed by atoms with van der Waals surface area (Å²) < 4.78 is 45.6. The highest BCUT2D eigenvalue weighted by Gasteiger charge is 2.63. The van der Waals surface area contributed by atoms with Gasteiger partial charge in [-0.3, -0.25) is 4.79 Å². The number of nitrogens with zero attached hydrogens (tertiary/aromatic N) is 1. The van der Waals surface area contributed by atoms with Gasteiger partial charge in [0, 0.05) is 11.8 Å². The van der Waals surface area contributed by atoms with E-state index in [4.69, 9.17) is 0 Å². The topological polar surface area (TPSA) is 91.2 Å². The first-order valence-electron chi connectivity index (χ1n) is 7.82. The van der Waals surface area contributed by atoms with Crippen LogP contribution in [0.5, 0.6) is 0 Å². The molecule has 0 bridgehead atoms. The number of alkyl halides is 3. The van der Waals surface area contributed by atoms with Crippen molar-refractivity contribution in [3.05, 3.63) is 16.0 Å². The van der Waals surface area contributed by atoms with E-state index in [0.29, 0.717) is 24.3 Å². The van der Waals surface area contributed by atoms with Crippen molar-refractivity contribution in [3.63, 3.8) is 0 Å². The number of fused-ring (bicyclic) bond motifs is 1. The number of ether oxygens (including phenoxy) is 1. The summed E-state index contributed by atoms with van der Waals surface area (Å²) in [6.45, 7) is 2.88. The first-order chi connectivity index (χ1) is 12.1. The molecule has 0 aliphatic heterocycles. The Kier molecular flexibility index (Phi) is 5.51. The van der Waals surface area contributed by atoms with Gasteiger partial charge >= 0.3 is 17.8 Å². The Bertz CT molecular complexity index is 769. The molecule has 10 heteroatoms. The number of amides is 1. The van der Waals surface area contributed by atoms with Gasteiger partial charge in [-0.05, 0) is 30.7 Å². The molecule has 2 atom stereocenters. The Morgan fingerprint density at radius 1 is 1.38 bits per heavy atom. The summed E-state index contributed by atoms with van der Waals surface area (Å²) >= 11 is 0.996. The van der Waals surface area contributed by atoms with E-state index >= 15 is 0 Å². The number of hydrogen-bond donors (Lipinski definition) is 2. The average molecular weight is 389 g/mol. The van der Waals surface area contributed by atoms with Crippen LogP contribution < -0.4 is 10.6 Å². The van der Waals surface area contributed by atoms with Gasteiger partial charge in [0.15, 0.2) is 0 Å². The fourth-order valence-corrected chi connectivity index (χ4v) is 4.35. The molecule has 0 unspecified atom stereocenters. The minimum Gasteiger partial charge on any atom is -0.466 e. The lowest BCUT2D eigenvalue weighted by atomic mass is 9.88. The summed E-state index contributed by atoms with van der Waals surface area (Å²) in [6, 6.07) is 1.92. The van der Waals surface area contributed by atoms with Crippen LogP contribution in [0.2, 0.25) is 0 Å². The van der Waals surface area contributed by atoms with Crippen LogP contribution >= 0.6 is 11.3 Å². The molecule has 2 rings (SSSR count). The third-order valence-corrected chi connectivity index (χ3v) is 5.37. The smallest absolute Gasteiger partial charge is 0.441 e. The lowest BCUT2D eigenvalue weighted by molar-refractivity contribution is -0.206. The summed E-state index contributed by atoms with van der Waals surface area (Å²) in [5.74, 6) is -2.44. The number of nitriles is 1. The molecule has 142 valence electrons. The molecule has 26 heavy (non-hydrogen) atoms. The molecule has 0 fully saturated rings. The van der Waals surface area contributed by atoms with E-state index < -0.39 is 23.7 Å². The highest BCUT2D eigenvalue weighted by atomic mass is 32.1. The van der Waals surface area contributed by atoms with E-state index in [-0.39, 0.29) is 10.6 Å². The van der Waals surface area contributed by atoms with Crippen LogP contribution in [-0.2, 0) is 27.2 Å². The normalized spacial score (nSPS) is 18.9. The first kappa shape index (κ1) is 20.0. The number of esters is 1. The van der Waals surface area contributed by atoms with E-state index in [0.717, 1.165) is 36.7 Å². The maximum absolute atomic E-state index is 13.8. The second-order valence-electron chi connectivity index (χ2n) is 6.21. The molecule has 2 N–H and O–H groups in total. The lowest BCUT2D eigenvalue weighted by Gasteiger charge is -2.34. The third-order valence-electron chi connectivity index (χ3n) is 4.20. The van der Waals surface area contributed by atoms with Crippen LogP contribution in [0.1, 0.15) is 36.3 Å². The highest BCUT2D eigenvalue weighted by Crippen LogP contribution is 2.42. The van der Waals surface area contributed by atoms with Crippen LogP contribution in [0.3, 0.4) is 0 Å². The molecule has 0 radical (unpaired) electrons. The number of nitrogens with one attached hydrogen (secondary N) is 2. The van der Waals surface area contributed by atoms with Gasteiger partial charge in [0.1, 0.15) is 11.1 Å². The molecular weight excluding hydrogens is 371 g/mol. The molecule has 0 spiro atoms. The van der Waals surface area contributed by atoms with Gasteiger partial charge < -0.3 is 15.4 Å². The van der Waals surface area contributed by atoms with Crippen molar-refractivity contribution in [2.75, 3.05) is 12.4 Å². The summed E-state index contributed by atoms with van der Waals surface area (Å²) in [5, 5.41) is 13.0.